The molecule has 1 aromatic heterocycles. The fourth-order valence-corrected chi connectivity index (χ4v) is 4.47. The van der Waals surface area contributed by atoms with Crippen LogP contribution in [0.5, 0.6) is 5.75 Å². The minimum absolute atomic E-state index is 0.0336. The average molecular weight is 497 g/mol. The first kappa shape index (κ1) is 24.7. The van der Waals surface area contributed by atoms with Crippen molar-refractivity contribution in [2.45, 2.75) is 32.1 Å². The molecule has 1 aliphatic rings. The molecule has 0 aliphatic carbocycles. The van der Waals surface area contributed by atoms with Crippen LogP contribution < -0.4 is 4.74 Å². The number of benzene rings is 3. The zero-order chi connectivity index (χ0) is 25.5. The van der Waals surface area contributed by atoms with Crippen LogP contribution in [0.1, 0.15) is 34.3 Å². The summed E-state index contributed by atoms with van der Waals surface area (Å²) in [6.07, 6.45) is 5.51. The number of aromatic nitrogens is 1. The molecule has 1 fully saturated rings. The Hall–Kier alpha value is -4.03. The largest absolute Gasteiger partial charge is 0.489 e. The molecule has 0 spiro atoms. The summed E-state index contributed by atoms with van der Waals surface area (Å²) < 4.78 is 25.1. The Labute approximate surface area is 216 Å². The van der Waals surface area contributed by atoms with E-state index in [2.05, 4.69) is 4.98 Å². The molecule has 0 saturated carbocycles. The second-order valence-corrected chi connectivity index (χ2v) is 9.20. The third-order valence-corrected chi connectivity index (χ3v) is 6.45. The highest BCUT2D eigenvalue weighted by atomic mass is 19.1. The van der Waals surface area contributed by atoms with Gasteiger partial charge in [-0.1, -0.05) is 42.5 Å². The lowest BCUT2D eigenvalue weighted by atomic mass is 10.0. The Morgan fingerprint density at radius 3 is 2.54 bits per heavy atom. The maximum absolute atomic E-state index is 13.7. The molecule has 6 heteroatoms. The molecule has 0 N–H and O–H groups in total. The third-order valence-electron chi connectivity index (χ3n) is 6.45. The minimum atomic E-state index is -0.285. The van der Waals surface area contributed by atoms with Gasteiger partial charge in [0.15, 0.2) is 0 Å². The molecule has 1 atom stereocenters. The molecule has 5 nitrogen and oxygen atoms in total. The highest BCUT2D eigenvalue weighted by Crippen LogP contribution is 2.24. The quantitative estimate of drug-likeness (QED) is 0.273. The summed E-state index contributed by atoms with van der Waals surface area (Å²) in [5, 5.41) is 0. The van der Waals surface area contributed by atoms with Crippen LogP contribution in [-0.4, -0.2) is 35.0 Å². The Balaban J connectivity index is 1.31. The molecule has 0 bridgehead atoms. The fourth-order valence-electron chi connectivity index (χ4n) is 4.47. The highest BCUT2D eigenvalue weighted by molar-refractivity contribution is 5.95. The van der Waals surface area contributed by atoms with Gasteiger partial charge in [0.25, 0.3) is 5.91 Å². The fraction of sp³-hybridized carbons (Fsp3) is 0.226. The van der Waals surface area contributed by atoms with E-state index in [0.29, 0.717) is 25.3 Å². The van der Waals surface area contributed by atoms with E-state index in [0.717, 1.165) is 47.5 Å². The van der Waals surface area contributed by atoms with Gasteiger partial charge in [-0.2, -0.15) is 0 Å². The van der Waals surface area contributed by atoms with Gasteiger partial charge in [0.2, 0.25) is 0 Å². The van der Waals surface area contributed by atoms with E-state index in [4.69, 9.17) is 9.47 Å². The Bertz CT molecular complexity index is 1300. The van der Waals surface area contributed by atoms with Crippen LogP contribution in [-0.2, 0) is 17.9 Å². The molecule has 1 amide bonds. The lowest BCUT2D eigenvalue weighted by Crippen LogP contribution is -2.37. The van der Waals surface area contributed by atoms with E-state index >= 15 is 0 Å². The van der Waals surface area contributed by atoms with E-state index in [1.54, 1.807) is 24.5 Å². The van der Waals surface area contributed by atoms with Crippen molar-refractivity contribution in [3.8, 4) is 16.9 Å². The second-order valence-electron chi connectivity index (χ2n) is 9.20. The Kier molecular flexibility index (Phi) is 7.87. The van der Waals surface area contributed by atoms with Crippen molar-refractivity contribution in [2.75, 3.05) is 13.2 Å². The average Bonchev–Trinajstić information content (AvgIpc) is 3.46. The molecule has 0 unspecified atom stereocenters. The van der Waals surface area contributed by atoms with Crippen molar-refractivity contribution in [1.29, 1.82) is 0 Å². The van der Waals surface area contributed by atoms with Crippen LogP contribution in [0.2, 0.25) is 0 Å². The third kappa shape index (κ3) is 6.60. The molecule has 1 aliphatic heterocycles. The summed E-state index contributed by atoms with van der Waals surface area (Å²) in [5.74, 6) is 0.417. The molecule has 5 rings (SSSR count). The summed E-state index contributed by atoms with van der Waals surface area (Å²) in [7, 11) is 0. The number of nitrogens with zero attached hydrogens (tertiary/aromatic N) is 2. The zero-order valence-electron chi connectivity index (χ0n) is 20.6. The summed E-state index contributed by atoms with van der Waals surface area (Å²) in [4.78, 5) is 19.6. The van der Waals surface area contributed by atoms with E-state index in [1.165, 1.54) is 12.1 Å². The van der Waals surface area contributed by atoms with Gasteiger partial charge in [-0.3, -0.25) is 9.78 Å². The number of ether oxygens (including phenoxy) is 2. The second kappa shape index (κ2) is 11.8. The van der Waals surface area contributed by atoms with Crippen molar-refractivity contribution in [2.24, 2.45) is 0 Å². The molecule has 188 valence electrons. The summed E-state index contributed by atoms with van der Waals surface area (Å²) in [5.41, 5.74) is 4.34. The van der Waals surface area contributed by atoms with Gasteiger partial charge in [0.1, 0.15) is 18.2 Å². The molecular formula is C31H29FN2O3. The van der Waals surface area contributed by atoms with Gasteiger partial charge in [0.05, 0.1) is 6.10 Å². The Morgan fingerprint density at radius 2 is 1.81 bits per heavy atom. The van der Waals surface area contributed by atoms with Crippen LogP contribution >= 0.6 is 0 Å². The SMILES string of the molecule is O=C(c1cccc(-c2ccc(F)cc2)c1)N(Cc1ccc(OCc2cccnc2)cc1)C[C@H]1CCCO1. The molecule has 0 radical (unpaired) electrons. The monoisotopic (exact) mass is 496 g/mol. The van der Waals surface area contributed by atoms with Crippen molar-refractivity contribution >= 4 is 5.91 Å². The van der Waals surface area contributed by atoms with Gasteiger partial charge in [0, 0.05) is 43.2 Å². The number of pyridine rings is 1. The van der Waals surface area contributed by atoms with Crippen LogP contribution in [0.15, 0.2) is 97.3 Å². The van der Waals surface area contributed by atoms with Crippen LogP contribution in [0, 0.1) is 5.82 Å². The number of rotatable bonds is 9. The molecule has 1 saturated heterocycles. The molecular weight excluding hydrogens is 467 g/mol. The first-order valence-corrected chi connectivity index (χ1v) is 12.5. The van der Waals surface area contributed by atoms with E-state index in [1.807, 2.05) is 65.6 Å². The zero-order valence-corrected chi connectivity index (χ0v) is 20.6. The van der Waals surface area contributed by atoms with Gasteiger partial charge in [-0.25, -0.2) is 4.39 Å². The first-order chi connectivity index (χ1) is 18.1. The van der Waals surface area contributed by atoms with Crippen molar-refractivity contribution < 1.29 is 18.7 Å². The minimum Gasteiger partial charge on any atom is -0.489 e. The van der Waals surface area contributed by atoms with E-state index in [-0.39, 0.29) is 17.8 Å². The predicted octanol–water partition coefficient (Wildman–Crippen LogP) is 6.29. The highest BCUT2D eigenvalue weighted by Gasteiger charge is 2.24. The standard InChI is InChI=1S/C31H29FN2O3/c32-28-12-10-25(11-13-28)26-5-1-6-27(18-26)31(35)34(21-30-7-3-17-36-30)20-23-8-14-29(15-9-23)37-22-24-4-2-16-33-19-24/h1-2,4-6,8-16,18-19,30H,3,7,17,20-22H2/t30-/m1/s1. The topological polar surface area (TPSA) is 51.7 Å². The van der Waals surface area contributed by atoms with Gasteiger partial charge in [-0.05, 0) is 72.0 Å². The van der Waals surface area contributed by atoms with Crippen LogP contribution in [0.3, 0.4) is 0 Å². The molecule has 4 aromatic rings. The van der Waals surface area contributed by atoms with Crippen LogP contribution in [0.4, 0.5) is 4.39 Å². The summed E-state index contributed by atoms with van der Waals surface area (Å²) >= 11 is 0. The normalized spacial score (nSPS) is 14.9. The van der Waals surface area contributed by atoms with Crippen molar-refractivity contribution in [1.82, 2.24) is 9.88 Å². The predicted molar refractivity (Wildman–Crippen MR) is 141 cm³/mol. The van der Waals surface area contributed by atoms with Crippen LogP contribution in [0.25, 0.3) is 11.1 Å². The molecule has 3 aromatic carbocycles. The molecule has 37 heavy (non-hydrogen) atoms. The van der Waals surface area contributed by atoms with Crippen molar-refractivity contribution in [3.05, 3.63) is 120 Å². The molecule has 2 heterocycles. The maximum atomic E-state index is 13.7. The first-order valence-electron chi connectivity index (χ1n) is 12.5. The number of hydrogen-bond acceptors (Lipinski definition) is 4. The van der Waals surface area contributed by atoms with Gasteiger partial charge < -0.3 is 14.4 Å². The number of amides is 1. The van der Waals surface area contributed by atoms with Crippen molar-refractivity contribution in [3.63, 3.8) is 0 Å². The lowest BCUT2D eigenvalue weighted by molar-refractivity contribution is 0.0507. The maximum Gasteiger partial charge on any atom is 0.254 e. The summed E-state index contributed by atoms with van der Waals surface area (Å²) in [6.45, 7) is 2.16. The number of carbonyl (C=O) groups is 1. The summed E-state index contributed by atoms with van der Waals surface area (Å²) in [6, 6.07) is 25.5. The smallest absolute Gasteiger partial charge is 0.254 e. The number of halogens is 1. The Morgan fingerprint density at radius 1 is 0.973 bits per heavy atom. The van der Waals surface area contributed by atoms with E-state index in [9.17, 15) is 9.18 Å². The van der Waals surface area contributed by atoms with E-state index < -0.39 is 0 Å². The number of carbonyl (C=O) groups excluding carboxylic acids is 1. The lowest BCUT2D eigenvalue weighted by Gasteiger charge is -2.26. The van der Waals surface area contributed by atoms with Gasteiger partial charge in [-0.15, -0.1) is 0 Å². The van der Waals surface area contributed by atoms with Gasteiger partial charge >= 0.3 is 0 Å². The number of hydrogen-bond donors (Lipinski definition) is 0.